The van der Waals surface area contributed by atoms with Gasteiger partial charge in [0, 0.05) is 24.1 Å². The van der Waals surface area contributed by atoms with Gasteiger partial charge in [0.05, 0.1) is 21.3 Å². The molecule has 1 aliphatic carbocycles. The minimum Gasteiger partial charge on any atom is -0.497 e. The number of hydrogen-bond donors (Lipinski definition) is 1. The molecule has 0 aromatic heterocycles. The van der Waals surface area contributed by atoms with E-state index < -0.39 is 5.60 Å². The molecule has 0 fully saturated rings. The van der Waals surface area contributed by atoms with Gasteiger partial charge in [-0.2, -0.15) is 0 Å². The maximum atomic E-state index is 12.7. The number of ether oxygens (including phenoxy) is 4. The summed E-state index contributed by atoms with van der Waals surface area (Å²) in [5, 5.41) is 11.0. The highest BCUT2D eigenvalue weighted by atomic mass is 16.5. The Morgan fingerprint density at radius 3 is 1.94 bits per heavy atom. The van der Waals surface area contributed by atoms with Crippen molar-refractivity contribution in [1.82, 2.24) is 0 Å². The standard InChI is InChI=1S/C25H26O7/c1-29-20-8-4-17(5-9-20)16-32-21-10-6-18(7-11-21)22(27)12-13-25(28)23(30-2)14-19(26)15-24(25)31-3/h4-11,14-15,28H,12-13,16H2,1-3H3. The highest BCUT2D eigenvalue weighted by molar-refractivity contribution is 6.02. The van der Waals surface area contributed by atoms with Crippen LogP contribution in [0.4, 0.5) is 0 Å². The molecule has 0 amide bonds. The highest BCUT2D eigenvalue weighted by Crippen LogP contribution is 2.35. The average Bonchev–Trinajstić information content (AvgIpc) is 2.83. The van der Waals surface area contributed by atoms with Crippen molar-refractivity contribution in [2.24, 2.45) is 0 Å². The molecule has 0 heterocycles. The van der Waals surface area contributed by atoms with E-state index in [-0.39, 0.29) is 35.9 Å². The van der Waals surface area contributed by atoms with Crippen molar-refractivity contribution in [3.63, 3.8) is 0 Å². The van der Waals surface area contributed by atoms with Crippen LogP contribution in [-0.2, 0) is 20.9 Å². The molecule has 0 atom stereocenters. The van der Waals surface area contributed by atoms with Crippen LogP contribution in [0.15, 0.2) is 72.2 Å². The van der Waals surface area contributed by atoms with Crippen molar-refractivity contribution in [2.75, 3.05) is 21.3 Å². The van der Waals surface area contributed by atoms with Crippen molar-refractivity contribution < 1.29 is 33.6 Å². The van der Waals surface area contributed by atoms with E-state index in [2.05, 4.69) is 0 Å². The van der Waals surface area contributed by atoms with Crippen LogP contribution >= 0.6 is 0 Å². The first-order valence-corrected chi connectivity index (χ1v) is 10.1. The van der Waals surface area contributed by atoms with E-state index in [0.717, 1.165) is 11.3 Å². The molecule has 0 saturated heterocycles. The van der Waals surface area contributed by atoms with Gasteiger partial charge in [-0.1, -0.05) is 12.1 Å². The van der Waals surface area contributed by atoms with Gasteiger partial charge in [0.15, 0.2) is 17.2 Å². The fraction of sp³-hybridized carbons (Fsp3) is 0.280. The molecule has 1 N–H and O–H groups in total. The van der Waals surface area contributed by atoms with E-state index in [1.165, 1.54) is 26.4 Å². The summed E-state index contributed by atoms with van der Waals surface area (Å²) in [5.74, 6) is 1.01. The minimum absolute atomic E-state index is 0.00812. The summed E-state index contributed by atoms with van der Waals surface area (Å²) in [5.41, 5.74) is -0.188. The lowest BCUT2D eigenvalue weighted by Gasteiger charge is -2.32. The number of hydrogen-bond acceptors (Lipinski definition) is 7. The number of Topliss-reactive ketones (excluding diaryl/α,β-unsaturated/α-hetero) is 1. The van der Waals surface area contributed by atoms with Crippen LogP contribution in [0, 0.1) is 0 Å². The number of allylic oxidation sites excluding steroid dienone is 2. The molecule has 3 rings (SSSR count). The Kier molecular flexibility index (Phi) is 7.33. The zero-order valence-electron chi connectivity index (χ0n) is 18.3. The Bertz CT molecular complexity index is 993. The second kappa shape index (κ2) is 10.2. The van der Waals surface area contributed by atoms with E-state index in [0.29, 0.717) is 17.9 Å². The van der Waals surface area contributed by atoms with E-state index in [4.69, 9.17) is 18.9 Å². The molecule has 0 radical (unpaired) electrons. The topological polar surface area (TPSA) is 91.3 Å². The lowest BCUT2D eigenvalue weighted by atomic mass is 9.86. The molecule has 0 unspecified atom stereocenters. The van der Waals surface area contributed by atoms with Gasteiger partial charge in [-0.05, 0) is 48.4 Å². The normalized spacial score (nSPS) is 14.8. The Morgan fingerprint density at radius 1 is 0.844 bits per heavy atom. The van der Waals surface area contributed by atoms with Gasteiger partial charge in [-0.25, -0.2) is 0 Å². The molecule has 2 aromatic rings. The lowest BCUT2D eigenvalue weighted by molar-refractivity contribution is -0.112. The molecule has 7 heteroatoms. The Labute approximate surface area is 186 Å². The van der Waals surface area contributed by atoms with Gasteiger partial charge in [-0.3, -0.25) is 9.59 Å². The monoisotopic (exact) mass is 438 g/mol. The van der Waals surface area contributed by atoms with Gasteiger partial charge >= 0.3 is 0 Å². The minimum atomic E-state index is -1.67. The zero-order valence-corrected chi connectivity index (χ0v) is 18.3. The first kappa shape index (κ1) is 23.1. The molecule has 168 valence electrons. The summed E-state index contributed by atoms with van der Waals surface area (Å²) >= 11 is 0. The SMILES string of the molecule is COC1=CC(=O)C=C(OC)C1(O)CCC(=O)c1ccc(OCc2ccc(OC)cc2)cc1. The smallest absolute Gasteiger partial charge is 0.185 e. The molecule has 0 bridgehead atoms. The average molecular weight is 438 g/mol. The van der Waals surface area contributed by atoms with Gasteiger partial charge in [0.2, 0.25) is 0 Å². The van der Waals surface area contributed by atoms with Gasteiger partial charge in [0.1, 0.15) is 29.6 Å². The number of benzene rings is 2. The molecule has 2 aromatic carbocycles. The van der Waals surface area contributed by atoms with Crippen molar-refractivity contribution in [1.29, 1.82) is 0 Å². The summed E-state index contributed by atoms with van der Waals surface area (Å²) < 4.78 is 21.3. The first-order valence-electron chi connectivity index (χ1n) is 10.1. The predicted molar refractivity (Wildman–Crippen MR) is 117 cm³/mol. The second-order valence-electron chi connectivity index (χ2n) is 7.27. The largest absolute Gasteiger partial charge is 0.497 e. The van der Waals surface area contributed by atoms with E-state index >= 15 is 0 Å². The van der Waals surface area contributed by atoms with Gasteiger partial charge in [-0.15, -0.1) is 0 Å². The van der Waals surface area contributed by atoms with Crippen LogP contribution in [0.25, 0.3) is 0 Å². The first-order chi connectivity index (χ1) is 15.4. The third-order valence-electron chi connectivity index (χ3n) is 5.26. The van der Waals surface area contributed by atoms with Crippen LogP contribution in [0.1, 0.15) is 28.8 Å². The van der Waals surface area contributed by atoms with Crippen LogP contribution < -0.4 is 9.47 Å². The van der Waals surface area contributed by atoms with Crippen molar-refractivity contribution in [2.45, 2.75) is 25.0 Å². The number of aliphatic hydroxyl groups is 1. The third kappa shape index (κ3) is 5.18. The van der Waals surface area contributed by atoms with Crippen LogP contribution in [0.2, 0.25) is 0 Å². The molecule has 32 heavy (non-hydrogen) atoms. The van der Waals surface area contributed by atoms with Crippen LogP contribution in [-0.4, -0.2) is 43.6 Å². The zero-order chi connectivity index (χ0) is 23.1. The molecule has 0 spiro atoms. The summed E-state index contributed by atoms with van der Waals surface area (Å²) in [7, 11) is 4.33. The number of carbonyl (C=O) groups excluding carboxylic acids is 2. The fourth-order valence-corrected chi connectivity index (χ4v) is 3.43. The lowest BCUT2D eigenvalue weighted by Crippen LogP contribution is -2.39. The van der Waals surface area contributed by atoms with Crippen molar-refractivity contribution >= 4 is 11.6 Å². The maximum Gasteiger partial charge on any atom is 0.185 e. The third-order valence-corrected chi connectivity index (χ3v) is 5.26. The number of carbonyl (C=O) groups is 2. The number of rotatable bonds is 10. The van der Waals surface area contributed by atoms with Crippen LogP contribution in [0.5, 0.6) is 11.5 Å². The molecule has 0 aliphatic heterocycles. The van der Waals surface area contributed by atoms with Gasteiger partial charge < -0.3 is 24.1 Å². The summed E-state index contributed by atoms with van der Waals surface area (Å²) in [6, 6.07) is 14.4. The molecule has 1 aliphatic rings. The molecule has 0 saturated carbocycles. The summed E-state index contributed by atoms with van der Waals surface area (Å²) in [6.45, 7) is 0.390. The number of ketones is 2. The second-order valence-corrected chi connectivity index (χ2v) is 7.27. The maximum absolute atomic E-state index is 12.7. The Balaban J connectivity index is 1.60. The predicted octanol–water partition coefficient (Wildman–Crippen LogP) is 3.61. The van der Waals surface area contributed by atoms with Crippen molar-refractivity contribution in [3.05, 3.63) is 83.3 Å². The van der Waals surface area contributed by atoms with E-state index in [1.54, 1.807) is 31.4 Å². The van der Waals surface area contributed by atoms with Crippen molar-refractivity contribution in [3.8, 4) is 11.5 Å². The van der Waals surface area contributed by atoms with Gasteiger partial charge in [0.25, 0.3) is 0 Å². The quantitative estimate of drug-likeness (QED) is 0.567. The van der Waals surface area contributed by atoms with Crippen LogP contribution in [0.3, 0.4) is 0 Å². The number of methoxy groups -OCH3 is 3. The summed E-state index contributed by atoms with van der Waals surface area (Å²) in [4.78, 5) is 24.4. The molecular weight excluding hydrogens is 412 g/mol. The molecular formula is C25H26O7. The Hall–Kier alpha value is -3.58. The van der Waals surface area contributed by atoms with E-state index in [1.807, 2.05) is 24.3 Å². The highest BCUT2D eigenvalue weighted by Gasteiger charge is 2.42. The fourth-order valence-electron chi connectivity index (χ4n) is 3.43. The molecule has 7 nitrogen and oxygen atoms in total. The Morgan fingerprint density at radius 2 is 1.41 bits per heavy atom. The summed E-state index contributed by atoms with van der Waals surface area (Å²) in [6.07, 6.45) is 2.43. The van der Waals surface area contributed by atoms with E-state index in [9.17, 15) is 14.7 Å².